The maximum absolute atomic E-state index is 5.99. The van der Waals surface area contributed by atoms with Gasteiger partial charge in [0, 0.05) is 5.02 Å². The highest BCUT2D eigenvalue weighted by atomic mass is 35.5. The number of amidine groups is 1. The van der Waals surface area contributed by atoms with E-state index in [9.17, 15) is 0 Å². The summed E-state index contributed by atoms with van der Waals surface area (Å²) < 4.78 is 5.04. The Bertz CT molecular complexity index is 351. The summed E-state index contributed by atoms with van der Waals surface area (Å²) in [6.07, 6.45) is 0. The minimum atomic E-state index is -0.0475. The topological polar surface area (TPSA) is 47.6 Å². The zero-order valence-electron chi connectivity index (χ0n) is 6.90. The van der Waals surface area contributed by atoms with Crippen LogP contribution in [0.15, 0.2) is 29.3 Å². The van der Waals surface area contributed by atoms with Crippen molar-refractivity contribution in [3.8, 4) is 0 Å². The molecule has 0 saturated carbocycles. The predicted octanol–water partition coefficient (Wildman–Crippen LogP) is 1.73. The van der Waals surface area contributed by atoms with E-state index in [0.29, 0.717) is 11.6 Å². The second-order valence-electron chi connectivity index (χ2n) is 2.82. The lowest BCUT2D eigenvalue weighted by molar-refractivity contribution is 0.315. The quantitative estimate of drug-likeness (QED) is 0.744. The third-order valence-corrected chi connectivity index (χ3v) is 2.28. The molecule has 0 amide bonds. The van der Waals surface area contributed by atoms with Crippen LogP contribution in [0.1, 0.15) is 11.6 Å². The number of aliphatic imine (C=N–C) groups is 1. The minimum Gasteiger partial charge on any atom is -0.463 e. The molecular formula is C9H9ClN2O. The smallest absolute Gasteiger partial charge is 0.282 e. The Morgan fingerprint density at radius 3 is 2.85 bits per heavy atom. The Labute approximate surface area is 81.2 Å². The number of nitrogens with zero attached hydrogens (tertiary/aromatic N) is 1. The molecule has 1 unspecified atom stereocenters. The van der Waals surface area contributed by atoms with Crippen LogP contribution in [0.3, 0.4) is 0 Å². The van der Waals surface area contributed by atoms with E-state index in [2.05, 4.69) is 4.99 Å². The highest BCUT2D eigenvalue weighted by Gasteiger charge is 2.20. The molecule has 0 aliphatic carbocycles. The van der Waals surface area contributed by atoms with E-state index in [-0.39, 0.29) is 12.1 Å². The molecule has 2 N–H and O–H groups in total. The summed E-state index contributed by atoms with van der Waals surface area (Å²) in [5, 5.41) is 0.703. The molecule has 0 bridgehead atoms. The van der Waals surface area contributed by atoms with Crippen LogP contribution in [-0.2, 0) is 4.74 Å². The number of halogens is 1. The molecule has 1 aromatic carbocycles. The van der Waals surface area contributed by atoms with E-state index in [4.69, 9.17) is 22.1 Å². The number of rotatable bonds is 1. The van der Waals surface area contributed by atoms with Crippen molar-refractivity contribution in [2.75, 3.05) is 6.61 Å². The molecule has 1 aliphatic rings. The van der Waals surface area contributed by atoms with Gasteiger partial charge in [0.2, 0.25) is 0 Å². The molecule has 0 spiro atoms. The standard InChI is InChI=1S/C9H9ClN2O/c10-7-4-2-1-3-6(7)8-5-13-9(11)12-8/h1-4,8H,5H2,(H2,11,12). The number of ether oxygens (including phenoxy) is 1. The Hall–Kier alpha value is -1.22. The Kier molecular flexibility index (Phi) is 2.10. The first-order chi connectivity index (χ1) is 6.27. The van der Waals surface area contributed by atoms with Crippen molar-refractivity contribution >= 4 is 17.6 Å². The number of hydrogen-bond acceptors (Lipinski definition) is 3. The SMILES string of the molecule is NC1=NC(c2ccccc2Cl)CO1. The van der Waals surface area contributed by atoms with Gasteiger partial charge in [-0.3, -0.25) is 0 Å². The van der Waals surface area contributed by atoms with Gasteiger partial charge < -0.3 is 10.5 Å². The van der Waals surface area contributed by atoms with E-state index < -0.39 is 0 Å². The third-order valence-electron chi connectivity index (χ3n) is 1.94. The van der Waals surface area contributed by atoms with Gasteiger partial charge in [-0.05, 0) is 11.6 Å². The molecule has 0 aromatic heterocycles. The number of nitrogens with two attached hydrogens (primary N) is 1. The molecule has 0 fully saturated rings. The van der Waals surface area contributed by atoms with E-state index in [1.807, 2.05) is 24.3 Å². The van der Waals surface area contributed by atoms with Crippen LogP contribution in [-0.4, -0.2) is 12.6 Å². The van der Waals surface area contributed by atoms with Crippen molar-refractivity contribution in [3.05, 3.63) is 34.9 Å². The van der Waals surface area contributed by atoms with Crippen LogP contribution >= 0.6 is 11.6 Å². The lowest BCUT2D eigenvalue weighted by Crippen LogP contribution is -2.10. The summed E-state index contributed by atoms with van der Waals surface area (Å²) in [4.78, 5) is 4.11. The van der Waals surface area contributed by atoms with Gasteiger partial charge in [0.1, 0.15) is 12.6 Å². The van der Waals surface area contributed by atoms with Gasteiger partial charge in [-0.25, -0.2) is 4.99 Å². The van der Waals surface area contributed by atoms with Crippen molar-refractivity contribution in [2.24, 2.45) is 10.7 Å². The lowest BCUT2D eigenvalue weighted by atomic mass is 10.1. The highest BCUT2D eigenvalue weighted by molar-refractivity contribution is 6.31. The molecule has 1 aromatic rings. The number of benzene rings is 1. The fourth-order valence-electron chi connectivity index (χ4n) is 1.30. The Balaban J connectivity index is 2.31. The second kappa shape index (κ2) is 3.26. The van der Waals surface area contributed by atoms with Crippen molar-refractivity contribution in [2.45, 2.75) is 6.04 Å². The molecule has 1 aliphatic heterocycles. The minimum absolute atomic E-state index is 0.0475. The summed E-state index contributed by atoms with van der Waals surface area (Å²) in [5.74, 6) is 0. The summed E-state index contributed by atoms with van der Waals surface area (Å²) in [7, 11) is 0. The van der Waals surface area contributed by atoms with Crippen molar-refractivity contribution in [1.29, 1.82) is 0 Å². The normalized spacial score (nSPS) is 21.0. The molecule has 1 atom stereocenters. The molecular weight excluding hydrogens is 188 g/mol. The molecule has 4 heteroatoms. The van der Waals surface area contributed by atoms with Crippen LogP contribution in [0.2, 0.25) is 5.02 Å². The van der Waals surface area contributed by atoms with E-state index in [1.165, 1.54) is 0 Å². The van der Waals surface area contributed by atoms with E-state index in [1.54, 1.807) is 0 Å². The van der Waals surface area contributed by atoms with Crippen LogP contribution in [0.5, 0.6) is 0 Å². The fraction of sp³-hybridized carbons (Fsp3) is 0.222. The Morgan fingerprint density at radius 1 is 1.46 bits per heavy atom. The third kappa shape index (κ3) is 1.60. The zero-order valence-corrected chi connectivity index (χ0v) is 7.66. The zero-order chi connectivity index (χ0) is 9.26. The van der Waals surface area contributed by atoms with Crippen molar-refractivity contribution in [1.82, 2.24) is 0 Å². The first-order valence-corrected chi connectivity index (χ1v) is 4.35. The first-order valence-electron chi connectivity index (χ1n) is 3.98. The van der Waals surface area contributed by atoms with Gasteiger partial charge in [0.05, 0.1) is 0 Å². The summed E-state index contributed by atoms with van der Waals surface area (Å²) in [6, 6.07) is 7.76. The van der Waals surface area contributed by atoms with Gasteiger partial charge in [-0.1, -0.05) is 29.8 Å². The van der Waals surface area contributed by atoms with Crippen LogP contribution in [0, 0.1) is 0 Å². The molecule has 0 radical (unpaired) electrons. The Morgan fingerprint density at radius 2 is 2.23 bits per heavy atom. The van der Waals surface area contributed by atoms with Gasteiger partial charge in [0.25, 0.3) is 6.02 Å². The number of hydrogen-bond donors (Lipinski definition) is 1. The maximum Gasteiger partial charge on any atom is 0.282 e. The molecule has 68 valence electrons. The van der Waals surface area contributed by atoms with Crippen LogP contribution in [0.4, 0.5) is 0 Å². The molecule has 13 heavy (non-hydrogen) atoms. The predicted molar refractivity (Wildman–Crippen MR) is 51.8 cm³/mol. The molecule has 3 nitrogen and oxygen atoms in total. The monoisotopic (exact) mass is 196 g/mol. The van der Waals surface area contributed by atoms with E-state index >= 15 is 0 Å². The average Bonchev–Trinajstić information content (AvgIpc) is 2.53. The molecule has 0 saturated heterocycles. The van der Waals surface area contributed by atoms with Gasteiger partial charge in [-0.2, -0.15) is 0 Å². The highest BCUT2D eigenvalue weighted by Crippen LogP contribution is 2.27. The van der Waals surface area contributed by atoms with Crippen LogP contribution < -0.4 is 5.73 Å². The van der Waals surface area contributed by atoms with Gasteiger partial charge in [0.15, 0.2) is 0 Å². The molecule has 1 heterocycles. The van der Waals surface area contributed by atoms with Crippen molar-refractivity contribution in [3.63, 3.8) is 0 Å². The summed E-state index contributed by atoms with van der Waals surface area (Å²) in [5.41, 5.74) is 6.36. The molecule has 2 rings (SSSR count). The van der Waals surface area contributed by atoms with Gasteiger partial charge in [-0.15, -0.1) is 0 Å². The van der Waals surface area contributed by atoms with Crippen LogP contribution in [0.25, 0.3) is 0 Å². The maximum atomic E-state index is 5.99. The van der Waals surface area contributed by atoms with Gasteiger partial charge >= 0.3 is 0 Å². The fourth-order valence-corrected chi connectivity index (χ4v) is 1.56. The summed E-state index contributed by atoms with van der Waals surface area (Å²) >= 11 is 5.99. The van der Waals surface area contributed by atoms with E-state index in [0.717, 1.165) is 5.56 Å². The largest absolute Gasteiger partial charge is 0.463 e. The average molecular weight is 197 g/mol. The lowest BCUT2D eigenvalue weighted by Gasteiger charge is -2.06. The first kappa shape index (κ1) is 8.38. The second-order valence-corrected chi connectivity index (χ2v) is 3.22. The summed E-state index contributed by atoms with van der Waals surface area (Å²) in [6.45, 7) is 0.482. The van der Waals surface area contributed by atoms with Crippen molar-refractivity contribution < 1.29 is 4.74 Å².